The van der Waals surface area contributed by atoms with Crippen LogP contribution in [0, 0.1) is 25.5 Å². The van der Waals surface area contributed by atoms with Crippen LogP contribution in [0.4, 0.5) is 8.78 Å². The van der Waals surface area contributed by atoms with Crippen LogP contribution in [0.15, 0.2) is 66.7 Å². The number of rotatable bonds is 6. The highest BCUT2D eigenvalue weighted by molar-refractivity contribution is 6.30. The maximum absolute atomic E-state index is 14.1. The van der Waals surface area contributed by atoms with E-state index in [4.69, 9.17) is 16.3 Å². The molecule has 0 unspecified atom stereocenters. The van der Waals surface area contributed by atoms with Crippen LogP contribution in [0.1, 0.15) is 27.2 Å². The third-order valence-corrected chi connectivity index (χ3v) is 5.64. The minimum atomic E-state index is -1.00. The lowest BCUT2D eigenvalue weighted by atomic mass is 10.1. The lowest BCUT2D eigenvalue weighted by Gasteiger charge is -2.17. The number of aryl methyl sites for hydroxylation is 2. The van der Waals surface area contributed by atoms with Crippen molar-refractivity contribution >= 4 is 17.6 Å². The zero-order chi connectivity index (χ0) is 23.7. The number of aromatic carboxylic acids is 1. The summed E-state index contributed by atoms with van der Waals surface area (Å²) < 4.78 is 35.1. The van der Waals surface area contributed by atoms with E-state index in [1.165, 1.54) is 12.1 Å². The number of hydrogen-bond acceptors (Lipinski definition) is 2. The Morgan fingerprint density at radius 1 is 1.00 bits per heavy atom. The molecular formula is C26H20ClF2NO3. The van der Waals surface area contributed by atoms with Gasteiger partial charge in [-0.15, -0.1) is 0 Å². The summed E-state index contributed by atoms with van der Waals surface area (Å²) in [4.78, 5) is 11.6. The fraction of sp³-hybridized carbons (Fsp3) is 0.115. The Balaban J connectivity index is 1.77. The Morgan fingerprint density at radius 2 is 1.79 bits per heavy atom. The zero-order valence-corrected chi connectivity index (χ0v) is 18.7. The number of halogens is 3. The summed E-state index contributed by atoms with van der Waals surface area (Å²) in [6, 6.07) is 17.5. The van der Waals surface area contributed by atoms with Crippen molar-refractivity contribution in [1.82, 2.24) is 4.57 Å². The van der Waals surface area contributed by atoms with Crippen molar-refractivity contribution in [3.8, 4) is 22.7 Å². The van der Waals surface area contributed by atoms with E-state index >= 15 is 0 Å². The summed E-state index contributed by atoms with van der Waals surface area (Å²) in [6.07, 6.45) is 0. The molecule has 7 heteroatoms. The molecule has 0 fully saturated rings. The number of ether oxygens (including phenoxy) is 1. The van der Waals surface area contributed by atoms with Gasteiger partial charge in [-0.3, -0.25) is 0 Å². The van der Waals surface area contributed by atoms with Crippen LogP contribution in [0.2, 0.25) is 5.02 Å². The maximum atomic E-state index is 14.1. The summed E-state index contributed by atoms with van der Waals surface area (Å²) in [5.74, 6) is -1.95. The van der Waals surface area contributed by atoms with Crippen molar-refractivity contribution in [2.75, 3.05) is 0 Å². The van der Waals surface area contributed by atoms with Gasteiger partial charge in [0.05, 0.1) is 11.3 Å². The van der Waals surface area contributed by atoms with Crippen LogP contribution in [-0.4, -0.2) is 15.6 Å². The van der Waals surface area contributed by atoms with Gasteiger partial charge in [-0.05, 0) is 74.0 Å². The number of aromatic nitrogens is 1. The molecule has 1 heterocycles. The first-order valence-corrected chi connectivity index (χ1v) is 10.5. The first-order chi connectivity index (χ1) is 15.7. The highest BCUT2D eigenvalue weighted by Crippen LogP contribution is 2.36. The molecule has 4 rings (SSSR count). The summed E-state index contributed by atoms with van der Waals surface area (Å²) in [7, 11) is 0. The first-order valence-electron chi connectivity index (χ1n) is 10.1. The number of hydrogen-bond donors (Lipinski definition) is 1. The van der Waals surface area contributed by atoms with Gasteiger partial charge in [0.25, 0.3) is 0 Å². The Bertz CT molecular complexity index is 1360. The van der Waals surface area contributed by atoms with Gasteiger partial charge in [-0.25, -0.2) is 13.6 Å². The predicted octanol–water partition coefficient (Wildman–Crippen LogP) is 6.97. The Kier molecular flexibility index (Phi) is 6.20. The maximum Gasteiger partial charge on any atom is 0.336 e. The highest BCUT2D eigenvalue weighted by atomic mass is 35.5. The molecule has 3 aromatic carbocycles. The summed E-state index contributed by atoms with van der Waals surface area (Å²) >= 11 is 6.20. The van der Waals surface area contributed by atoms with E-state index in [1.807, 2.05) is 29.7 Å². The van der Waals surface area contributed by atoms with Crippen LogP contribution in [-0.2, 0) is 6.61 Å². The van der Waals surface area contributed by atoms with Gasteiger partial charge in [0.2, 0.25) is 0 Å². The molecule has 0 saturated carbocycles. The second-order valence-electron chi connectivity index (χ2n) is 7.66. The van der Waals surface area contributed by atoms with E-state index < -0.39 is 17.6 Å². The number of nitrogens with zero attached hydrogens (tertiary/aromatic N) is 1. The summed E-state index contributed by atoms with van der Waals surface area (Å²) in [6.45, 7) is 3.54. The molecule has 33 heavy (non-hydrogen) atoms. The van der Waals surface area contributed by atoms with E-state index in [0.29, 0.717) is 27.6 Å². The lowest BCUT2D eigenvalue weighted by Crippen LogP contribution is -2.05. The van der Waals surface area contributed by atoms with Crippen LogP contribution in [0.5, 0.6) is 5.75 Å². The van der Waals surface area contributed by atoms with Gasteiger partial charge in [-0.2, -0.15) is 0 Å². The van der Waals surface area contributed by atoms with Crippen molar-refractivity contribution in [1.29, 1.82) is 0 Å². The molecule has 1 N–H and O–H groups in total. The molecule has 0 saturated heterocycles. The molecule has 4 nitrogen and oxygen atoms in total. The number of carboxylic acids is 1. The first kappa shape index (κ1) is 22.6. The van der Waals surface area contributed by atoms with Crippen LogP contribution >= 0.6 is 11.6 Å². The topological polar surface area (TPSA) is 51.5 Å². The Labute approximate surface area is 194 Å². The van der Waals surface area contributed by atoms with E-state index in [0.717, 1.165) is 17.5 Å². The Hall–Kier alpha value is -3.64. The quantitative estimate of drug-likeness (QED) is 0.333. The third-order valence-electron chi connectivity index (χ3n) is 5.40. The Morgan fingerprint density at radius 3 is 2.52 bits per heavy atom. The molecule has 0 aliphatic carbocycles. The van der Waals surface area contributed by atoms with Crippen molar-refractivity contribution in [2.24, 2.45) is 0 Å². The molecule has 0 bridgehead atoms. The average molecular weight is 468 g/mol. The monoisotopic (exact) mass is 467 g/mol. The molecule has 0 amide bonds. The minimum Gasteiger partial charge on any atom is -0.488 e. The predicted molar refractivity (Wildman–Crippen MR) is 123 cm³/mol. The van der Waals surface area contributed by atoms with Gasteiger partial charge < -0.3 is 14.4 Å². The lowest BCUT2D eigenvalue weighted by molar-refractivity contribution is 0.0696. The molecule has 4 aromatic rings. The van der Waals surface area contributed by atoms with E-state index in [1.54, 1.807) is 37.3 Å². The average Bonchev–Trinajstić information content (AvgIpc) is 3.14. The number of benzene rings is 3. The number of carbonyl (C=O) groups is 1. The van der Waals surface area contributed by atoms with Gasteiger partial charge in [0.15, 0.2) is 0 Å². The molecule has 1 aromatic heterocycles. The van der Waals surface area contributed by atoms with E-state index in [9.17, 15) is 18.7 Å². The van der Waals surface area contributed by atoms with Crippen molar-refractivity contribution in [3.63, 3.8) is 0 Å². The second-order valence-corrected chi connectivity index (χ2v) is 8.10. The van der Waals surface area contributed by atoms with Gasteiger partial charge in [-0.1, -0.05) is 17.7 Å². The standard InChI is InChI=1S/C26H20ClF2NO3/c1-15-3-8-20(13-22(15)26(31)32)30-16(2)4-10-24(30)21-9-6-18(27)11-25(21)33-14-17-5-7-19(28)12-23(17)29/h3-13H,14H2,1-2H3,(H,31,32). The van der Waals surface area contributed by atoms with Crippen LogP contribution < -0.4 is 4.74 Å². The van der Waals surface area contributed by atoms with Crippen LogP contribution in [0.25, 0.3) is 16.9 Å². The molecule has 168 valence electrons. The third kappa shape index (κ3) is 4.61. The van der Waals surface area contributed by atoms with E-state index in [2.05, 4.69) is 0 Å². The highest BCUT2D eigenvalue weighted by Gasteiger charge is 2.17. The number of carboxylic acid groups (broad SMARTS) is 1. The fourth-order valence-corrected chi connectivity index (χ4v) is 3.85. The summed E-state index contributed by atoms with van der Waals surface area (Å²) in [5.41, 5.74) is 4.09. The van der Waals surface area contributed by atoms with E-state index in [-0.39, 0.29) is 17.7 Å². The molecule has 0 aliphatic heterocycles. The molecule has 0 atom stereocenters. The normalized spacial score (nSPS) is 10.9. The molecule has 0 aliphatic rings. The van der Waals surface area contributed by atoms with Gasteiger partial charge in [0.1, 0.15) is 24.0 Å². The van der Waals surface area contributed by atoms with Crippen LogP contribution in [0.3, 0.4) is 0 Å². The fourth-order valence-electron chi connectivity index (χ4n) is 3.69. The molecule has 0 radical (unpaired) electrons. The van der Waals surface area contributed by atoms with Gasteiger partial charge in [0, 0.05) is 33.6 Å². The van der Waals surface area contributed by atoms with Gasteiger partial charge >= 0.3 is 5.97 Å². The van der Waals surface area contributed by atoms with Crippen molar-refractivity contribution < 1.29 is 23.4 Å². The van der Waals surface area contributed by atoms with Crippen molar-refractivity contribution in [2.45, 2.75) is 20.5 Å². The minimum absolute atomic E-state index is 0.118. The molecular weight excluding hydrogens is 448 g/mol. The largest absolute Gasteiger partial charge is 0.488 e. The smallest absolute Gasteiger partial charge is 0.336 e. The molecule has 0 spiro atoms. The SMILES string of the molecule is Cc1ccc(-n2c(C)ccc2-c2ccc(Cl)cc2OCc2ccc(F)cc2F)cc1C(=O)O. The van der Waals surface area contributed by atoms with Crippen molar-refractivity contribution in [3.05, 3.63) is 106 Å². The zero-order valence-electron chi connectivity index (χ0n) is 17.9. The summed E-state index contributed by atoms with van der Waals surface area (Å²) in [5, 5.41) is 9.97. The second kappa shape index (κ2) is 9.08.